The molecule has 164 valence electrons. The lowest BCUT2D eigenvalue weighted by molar-refractivity contribution is 0.416. The summed E-state index contributed by atoms with van der Waals surface area (Å²) >= 11 is 0. The summed E-state index contributed by atoms with van der Waals surface area (Å²) in [5.41, 5.74) is 6.60. The van der Waals surface area contributed by atoms with Crippen molar-refractivity contribution < 1.29 is 4.74 Å². The maximum Gasteiger partial charge on any atom is 0.252 e. The number of nitrogens with one attached hydrogen (secondary N) is 2. The number of ether oxygens (including phenoxy) is 1. The van der Waals surface area contributed by atoms with Gasteiger partial charge in [-0.1, -0.05) is 18.2 Å². The zero-order valence-electron chi connectivity index (χ0n) is 18.5. The van der Waals surface area contributed by atoms with Crippen LogP contribution < -0.4 is 15.7 Å². The quantitative estimate of drug-likeness (QED) is 0.439. The normalized spacial score (nSPS) is 13.8. The number of H-pyrrole nitrogens is 1. The number of aromatic amines is 1. The highest BCUT2D eigenvalue weighted by molar-refractivity contribution is 6.00. The van der Waals surface area contributed by atoms with E-state index in [9.17, 15) is 0 Å². The first-order valence-corrected chi connectivity index (χ1v) is 11.0. The van der Waals surface area contributed by atoms with Crippen molar-refractivity contribution in [1.82, 2.24) is 24.7 Å². The van der Waals surface area contributed by atoms with E-state index in [0.29, 0.717) is 17.1 Å². The van der Waals surface area contributed by atoms with Gasteiger partial charge in [0.25, 0.3) is 5.62 Å². The molecular weight excluding hydrogens is 414 g/mol. The monoisotopic (exact) mass is 437 g/mol. The Labute approximate surface area is 190 Å². The summed E-state index contributed by atoms with van der Waals surface area (Å²) < 4.78 is 7.67. The number of hydrogen-bond donors (Lipinski definition) is 2. The van der Waals surface area contributed by atoms with Gasteiger partial charge in [0.1, 0.15) is 23.1 Å². The summed E-state index contributed by atoms with van der Waals surface area (Å²) in [5.74, 6) is 2.62. The van der Waals surface area contributed by atoms with Crippen LogP contribution in [0.4, 0.5) is 11.5 Å². The third-order valence-corrected chi connectivity index (χ3v) is 6.12. The summed E-state index contributed by atoms with van der Waals surface area (Å²) in [6.07, 6.45) is 4.77. The molecule has 3 aliphatic heterocycles. The van der Waals surface area contributed by atoms with Gasteiger partial charge in [0, 0.05) is 35.8 Å². The van der Waals surface area contributed by atoms with Crippen LogP contribution in [0.25, 0.3) is 33.4 Å². The molecule has 3 aliphatic rings. The minimum absolute atomic E-state index is 0.410. The SMILES string of the molecule is COc1ccccc1N=c1ncc2cc(-c3c(C)ccc4[nH]ncc34)c3n(c-2n1)CCCN3. The number of para-hydroxylation sites is 2. The molecule has 3 aromatic rings. The van der Waals surface area contributed by atoms with Gasteiger partial charge in [0.15, 0.2) is 0 Å². The highest BCUT2D eigenvalue weighted by Crippen LogP contribution is 2.40. The number of anilines is 1. The number of rotatable bonds is 3. The Morgan fingerprint density at radius 3 is 2.94 bits per heavy atom. The van der Waals surface area contributed by atoms with E-state index in [4.69, 9.17) is 9.72 Å². The third kappa shape index (κ3) is 3.22. The molecule has 0 radical (unpaired) electrons. The number of fused-ring (bicyclic) bond motifs is 4. The summed E-state index contributed by atoms with van der Waals surface area (Å²) in [6.45, 7) is 3.93. The molecule has 0 atom stereocenters. The molecule has 0 aliphatic carbocycles. The first kappa shape index (κ1) is 19.5. The minimum Gasteiger partial charge on any atom is -0.494 e. The fourth-order valence-corrected chi connectivity index (χ4v) is 4.58. The fourth-order valence-electron chi connectivity index (χ4n) is 4.58. The lowest BCUT2D eigenvalue weighted by Crippen LogP contribution is -2.25. The second-order valence-corrected chi connectivity index (χ2v) is 8.16. The van der Waals surface area contributed by atoms with Crippen LogP contribution in [0.3, 0.4) is 0 Å². The van der Waals surface area contributed by atoms with Crippen LogP contribution in [0.1, 0.15) is 12.0 Å². The zero-order valence-corrected chi connectivity index (χ0v) is 18.5. The van der Waals surface area contributed by atoms with E-state index < -0.39 is 0 Å². The predicted molar refractivity (Wildman–Crippen MR) is 128 cm³/mol. The van der Waals surface area contributed by atoms with Gasteiger partial charge in [-0.25, -0.2) is 9.98 Å². The lowest BCUT2D eigenvalue weighted by atomic mass is 9.95. The second kappa shape index (κ2) is 7.74. The average Bonchev–Trinajstić information content (AvgIpc) is 3.33. The Morgan fingerprint density at radius 2 is 2.03 bits per heavy atom. The summed E-state index contributed by atoms with van der Waals surface area (Å²) in [6, 6.07) is 14.0. The van der Waals surface area contributed by atoms with Crippen LogP contribution >= 0.6 is 0 Å². The van der Waals surface area contributed by atoms with Crippen LogP contribution in [0.15, 0.2) is 59.9 Å². The number of methoxy groups -OCH3 is 1. The molecule has 0 spiro atoms. The molecule has 2 N–H and O–H groups in total. The van der Waals surface area contributed by atoms with Crippen LogP contribution in [0, 0.1) is 6.92 Å². The van der Waals surface area contributed by atoms with E-state index in [1.165, 1.54) is 11.1 Å². The average molecular weight is 438 g/mol. The predicted octanol–water partition coefficient (Wildman–Crippen LogP) is 4.29. The van der Waals surface area contributed by atoms with E-state index in [2.05, 4.69) is 55.2 Å². The molecule has 6 rings (SSSR count). The van der Waals surface area contributed by atoms with Gasteiger partial charge < -0.3 is 14.6 Å². The number of aryl methyl sites for hydroxylation is 1. The molecule has 1 aromatic heterocycles. The summed E-state index contributed by atoms with van der Waals surface area (Å²) in [5, 5.41) is 12.1. The van der Waals surface area contributed by atoms with E-state index in [-0.39, 0.29) is 0 Å². The first-order valence-electron chi connectivity index (χ1n) is 11.0. The molecule has 0 bridgehead atoms. The van der Waals surface area contributed by atoms with E-state index in [1.54, 1.807) is 7.11 Å². The van der Waals surface area contributed by atoms with Gasteiger partial charge in [-0.15, -0.1) is 0 Å². The van der Waals surface area contributed by atoms with Crippen LogP contribution in [0.2, 0.25) is 0 Å². The standard InChI is InChI=1S/C25H23N7O/c1-15-8-9-19-18(14-28-31-19)22(15)17-12-16-13-27-25(29-20-6-3-4-7-21(20)33-2)30-23(16)32-11-5-10-26-24(17)32/h3-4,6-9,12-14,26H,5,10-11H2,1-2H3,(H,28,31). The molecule has 0 saturated carbocycles. The van der Waals surface area contributed by atoms with Crippen molar-refractivity contribution in [2.75, 3.05) is 19.0 Å². The second-order valence-electron chi connectivity index (χ2n) is 8.16. The molecule has 0 unspecified atom stereocenters. The smallest absolute Gasteiger partial charge is 0.252 e. The molecule has 4 heterocycles. The van der Waals surface area contributed by atoms with E-state index in [0.717, 1.165) is 53.2 Å². The van der Waals surface area contributed by atoms with Crippen molar-refractivity contribution in [1.29, 1.82) is 0 Å². The van der Waals surface area contributed by atoms with Crippen molar-refractivity contribution in [3.63, 3.8) is 0 Å². The highest BCUT2D eigenvalue weighted by atomic mass is 16.5. The van der Waals surface area contributed by atoms with Gasteiger partial charge in [0.05, 0.1) is 18.8 Å². The van der Waals surface area contributed by atoms with Crippen molar-refractivity contribution in [3.8, 4) is 28.3 Å². The van der Waals surface area contributed by atoms with Crippen LogP contribution in [0.5, 0.6) is 5.75 Å². The minimum atomic E-state index is 0.410. The van der Waals surface area contributed by atoms with Gasteiger partial charge >= 0.3 is 0 Å². The maximum atomic E-state index is 5.43. The lowest BCUT2D eigenvalue weighted by Gasteiger charge is -2.28. The number of benzene rings is 2. The van der Waals surface area contributed by atoms with E-state index in [1.807, 2.05) is 36.7 Å². The number of hydrogen-bond acceptors (Lipinski definition) is 6. The van der Waals surface area contributed by atoms with Crippen LogP contribution in [-0.2, 0) is 6.54 Å². The Bertz CT molecular complexity index is 1530. The Balaban J connectivity index is 1.60. The molecule has 8 nitrogen and oxygen atoms in total. The molecule has 33 heavy (non-hydrogen) atoms. The van der Waals surface area contributed by atoms with Crippen LogP contribution in [-0.4, -0.2) is 38.4 Å². The Kier molecular flexibility index (Phi) is 4.57. The summed E-state index contributed by atoms with van der Waals surface area (Å²) in [4.78, 5) is 14.0. The Morgan fingerprint density at radius 1 is 1.12 bits per heavy atom. The zero-order chi connectivity index (χ0) is 22.4. The highest BCUT2D eigenvalue weighted by Gasteiger charge is 2.23. The van der Waals surface area contributed by atoms with Gasteiger partial charge in [0.2, 0.25) is 0 Å². The number of aromatic nitrogens is 5. The van der Waals surface area contributed by atoms with Crippen molar-refractivity contribution in [2.45, 2.75) is 19.9 Å². The molecular formula is C25H23N7O. The molecule has 0 saturated heterocycles. The number of pyridine rings is 1. The van der Waals surface area contributed by atoms with Gasteiger partial charge in [-0.2, -0.15) is 10.1 Å². The van der Waals surface area contributed by atoms with E-state index >= 15 is 0 Å². The van der Waals surface area contributed by atoms with Crippen molar-refractivity contribution in [2.24, 2.45) is 4.99 Å². The summed E-state index contributed by atoms with van der Waals surface area (Å²) in [7, 11) is 1.64. The molecule has 0 amide bonds. The first-order chi connectivity index (χ1) is 16.2. The topological polar surface area (TPSA) is 93.0 Å². The fraction of sp³-hybridized carbons (Fsp3) is 0.200. The maximum absolute atomic E-state index is 5.43. The van der Waals surface area contributed by atoms with Crippen molar-refractivity contribution >= 4 is 22.4 Å². The Hall–Kier alpha value is -4.20. The largest absolute Gasteiger partial charge is 0.494 e. The molecule has 2 aromatic carbocycles. The molecule has 0 fully saturated rings. The van der Waals surface area contributed by atoms with Crippen molar-refractivity contribution in [3.05, 3.63) is 66.0 Å². The molecule has 8 heteroatoms. The number of nitrogens with zero attached hydrogens (tertiary/aromatic N) is 5. The third-order valence-electron chi connectivity index (χ3n) is 6.12. The van der Waals surface area contributed by atoms with Gasteiger partial charge in [-0.05, 0) is 48.7 Å². The van der Waals surface area contributed by atoms with Gasteiger partial charge in [-0.3, -0.25) is 5.10 Å².